The summed E-state index contributed by atoms with van der Waals surface area (Å²) in [7, 11) is 2.24. The summed E-state index contributed by atoms with van der Waals surface area (Å²) in [5.74, 6) is 0. The van der Waals surface area contributed by atoms with Crippen LogP contribution in [0.4, 0.5) is 0 Å². The Bertz CT molecular complexity index is 391. The van der Waals surface area contributed by atoms with Gasteiger partial charge >= 0.3 is 0 Å². The third-order valence-corrected chi connectivity index (χ3v) is 4.65. The van der Waals surface area contributed by atoms with Crippen molar-refractivity contribution in [3.05, 3.63) is 18.0 Å². The van der Waals surface area contributed by atoms with Gasteiger partial charge in [0, 0.05) is 30.4 Å². The van der Waals surface area contributed by atoms with Gasteiger partial charge in [0.2, 0.25) is 0 Å². The lowest BCUT2D eigenvalue weighted by Crippen LogP contribution is -2.38. The number of hydrogen-bond donors (Lipinski definition) is 1. The van der Waals surface area contributed by atoms with Gasteiger partial charge in [0.15, 0.2) is 0 Å². The summed E-state index contributed by atoms with van der Waals surface area (Å²) in [5.41, 5.74) is 7.32. The first-order valence-corrected chi connectivity index (χ1v) is 8.09. The smallest absolute Gasteiger partial charge is 0.0538 e. The number of likely N-dealkylation sites (N-methyl/N-ethyl adjacent to an activating group) is 1. The lowest BCUT2D eigenvalue weighted by atomic mass is 10.0. The van der Waals surface area contributed by atoms with Crippen LogP contribution in [0, 0.1) is 0 Å². The van der Waals surface area contributed by atoms with Crippen molar-refractivity contribution >= 4 is 0 Å². The van der Waals surface area contributed by atoms with Crippen molar-refractivity contribution in [3.8, 4) is 0 Å². The average molecular weight is 278 g/mol. The van der Waals surface area contributed by atoms with E-state index in [0.717, 1.165) is 0 Å². The molecule has 1 unspecified atom stereocenters. The third-order valence-electron chi connectivity index (χ3n) is 4.65. The molecule has 1 aliphatic rings. The molecule has 0 bridgehead atoms. The highest BCUT2D eigenvalue weighted by molar-refractivity contribution is 5.12. The highest BCUT2D eigenvalue weighted by Crippen LogP contribution is 2.28. The summed E-state index contributed by atoms with van der Waals surface area (Å²) in [4.78, 5) is 2.49. The molecule has 0 saturated heterocycles. The minimum absolute atomic E-state index is 0.297. The lowest BCUT2D eigenvalue weighted by molar-refractivity contribution is 0.161. The van der Waals surface area contributed by atoms with E-state index >= 15 is 0 Å². The molecule has 1 fully saturated rings. The molecule has 0 aromatic carbocycles. The fraction of sp³-hybridized carbons (Fsp3) is 0.812. The molecule has 1 aromatic heterocycles. The largest absolute Gasteiger partial charge is 0.329 e. The van der Waals surface area contributed by atoms with Gasteiger partial charge in [-0.3, -0.25) is 9.58 Å². The van der Waals surface area contributed by atoms with Gasteiger partial charge in [-0.05, 0) is 33.7 Å². The van der Waals surface area contributed by atoms with E-state index in [-0.39, 0.29) is 0 Å². The van der Waals surface area contributed by atoms with Crippen LogP contribution in [0.15, 0.2) is 12.4 Å². The van der Waals surface area contributed by atoms with Gasteiger partial charge < -0.3 is 5.73 Å². The molecule has 4 heteroatoms. The van der Waals surface area contributed by atoms with Gasteiger partial charge in [0.25, 0.3) is 0 Å². The Balaban J connectivity index is 2.08. The van der Waals surface area contributed by atoms with E-state index in [1.165, 1.54) is 44.1 Å². The van der Waals surface area contributed by atoms with Crippen molar-refractivity contribution in [1.82, 2.24) is 14.7 Å². The summed E-state index contributed by atoms with van der Waals surface area (Å²) in [6, 6.07) is 1.38. The Morgan fingerprint density at radius 3 is 2.45 bits per heavy atom. The first-order valence-electron chi connectivity index (χ1n) is 8.09. The van der Waals surface area contributed by atoms with Gasteiger partial charge in [0.05, 0.1) is 12.2 Å². The zero-order valence-corrected chi connectivity index (χ0v) is 13.3. The predicted molar refractivity (Wildman–Crippen MR) is 83.7 cm³/mol. The van der Waals surface area contributed by atoms with Gasteiger partial charge in [-0.2, -0.15) is 5.10 Å². The van der Waals surface area contributed by atoms with Crippen LogP contribution >= 0.6 is 0 Å². The molecule has 0 aliphatic heterocycles. The molecule has 20 heavy (non-hydrogen) atoms. The van der Waals surface area contributed by atoms with Gasteiger partial charge in [-0.25, -0.2) is 0 Å². The third kappa shape index (κ3) is 3.61. The second kappa shape index (κ2) is 7.23. The summed E-state index contributed by atoms with van der Waals surface area (Å²) in [5, 5.41) is 4.47. The maximum Gasteiger partial charge on any atom is 0.0538 e. The molecule has 1 aliphatic carbocycles. The number of rotatable bonds is 5. The SMILES string of the molecule is CC(C)n1cc(C(CN)N(C)C2CCCCCC2)cn1. The maximum absolute atomic E-state index is 6.06. The van der Waals surface area contributed by atoms with Crippen LogP contribution < -0.4 is 5.73 Å². The van der Waals surface area contributed by atoms with Gasteiger partial charge in [-0.15, -0.1) is 0 Å². The van der Waals surface area contributed by atoms with Gasteiger partial charge in [0.1, 0.15) is 0 Å². The normalized spacial score (nSPS) is 19.5. The number of nitrogens with zero attached hydrogens (tertiary/aromatic N) is 3. The molecule has 1 aromatic rings. The molecule has 0 amide bonds. The average Bonchev–Trinajstić information content (AvgIpc) is 2.75. The highest BCUT2D eigenvalue weighted by atomic mass is 15.3. The molecule has 1 saturated carbocycles. The maximum atomic E-state index is 6.06. The van der Waals surface area contributed by atoms with Crippen LogP contribution in [0.3, 0.4) is 0 Å². The number of hydrogen-bond acceptors (Lipinski definition) is 3. The van der Waals surface area contributed by atoms with Crippen LogP contribution in [-0.4, -0.2) is 34.3 Å². The minimum atomic E-state index is 0.297. The van der Waals surface area contributed by atoms with E-state index in [1.807, 2.05) is 10.9 Å². The van der Waals surface area contributed by atoms with Crippen molar-refractivity contribution in [2.75, 3.05) is 13.6 Å². The van der Waals surface area contributed by atoms with Crippen LogP contribution in [0.2, 0.25) is 0 Å². The van der Waals surface area contributed by atoms with E-state index in [1.54, 1.807) is 0 Å². The van der Waals surface area contributed by atoms with Crippen molar-refractivity contribution < 1.29 is 0 Å². The second-order valence-corrected chi connectivity index (χ2v) is 6.41. The standard InChI is InChI=1S/C16H30N4/c1-13(2)20-12-14(11-18-20)16(10-17)19(3)15-8-6-4-5-7-9-15/h11-13,15-16H,4-10,17H2,1-3H3. The minimum Gasteiger partial charge on any atom is -0.329 e. The van der Waals surface area contributed by atoms with E-state index in [0.29, 0.717) is 24.7 Å². The fourth-order valence-electron chi connectivity index (χ4n) is 3.26. The predicted octanol–water partition coefficient (Wildman–Crippen LogP) is 3.12. The first kappa shape index (κ1) is 15.5. The summed E-state index contributed by atoms with van der Waals surface area (Å²) in [6.45, 7) is 4.98. The molecule has 4 nitrogen and oxygen atoms in total. The molecular weight excluding hydrogens is 248 g/mol. The molecule has 0 spiro atoms. The zero-order valence-electron chi connectivity index (χ0n) is 13.3. The lowest BCUT2D eigenvalue weighted by Gasteiger charge is -2.33. The van der Waals surface area contributed by atoms with E-state index in [2.05, 4.69) is 37.1 Å². The molecule has 114 valence electrons. The first-order chi connectivity index (χ1) is 9.63. The molecular formula is C16H30N4. The summed E-state index contributed by atoms with van der Waals surface area (Å²) < 4.78 is 2.03. The number of nitrogens with two attached hydrogens (primary N) is 1. The molecule has 2 N–H and O–H groups in total. The van der Waals surface area contributed by atoms with E-state index in [9.17, 15) is 0 Å². The quantitative estimate of drug-likeness (QED) is 0.842. The van der Waals surface area contributed by atoms with Crippen LogP contribution in [-0.2, 0) is 0 Å². The fourth-order valence-corrected chi connectivity index (χ4v) is 3.26. The topological polar surface area (TPSA) is 47.1 Å². The van der Waals surface area contributed by atoms with Crippen molar-refractivity contribution in [3.63, 3.8) is 0 Å². The van der Waals surface area contributed by atoms with Crippen molar-refractivity contribution in [2.24, 2.45) is 5.73 Å². The Kier molecular flexibility index (Phi) is 5.61. The zero-order chi connectivity index (χ0) is 14.5. The van der Waals surface area contributed by atoms with Crippen LogP contribution in [0.1, 0.15) is 70.0 Å². The summed E-state index contributed by atoms with van der Waals surface area (Å²) >= 11 is 0. The molecule has 0 radical (unpaired) electrons. The molecule has 1 atom stereocenters. The van der Waals surface area contributed by atoms with Crippen molar-refractivity contribution in [2.45, 2.75) is 70.5 Å². The van der Waals surface area contributed by atoms with E-state index in [4.69, 9.17) is 5.73 Å². The number of aromatic nitrogens is 2. The molecule has 2 rings (SSSR count). The van der Waals surface area contributed by atoms with Gasteiger partial charge in [-0.1, -0.05) is 25.7 Å². The molecule has 1 heterocycles. The Hall–Kier alpha value is -0.870. The van der Waals surface area contributed by atoms with Crippen molar-refractivity contribution in [1.29, 1.82) is 0 Å². The van der Waals surface area contributed by atoms with E-state index < -0.39 is 0 Å². The Morgan fingerprint density at radius 2 is 1.95 bits per heavy atom. The summed E-state index contributed by atoms with van der Waals surface area (Å²) in [6.07, 6.45) is 12.3. The monoisotopic (exact) mass is 278 g/mol. The highest BCUT2D eigenvalue weighted by Gasteiger charge is 2.25. The second-order valence-electron chi connectivity index (χ2n) is 6.41. The Morgan fingerprint density at radius 1 is 1.30 bits per heavy atom. The Labute approximate surface area is 123 Å². The van der Waals surface area contributed by atoms with Crippen LogP contribution in [0.5, 0.6) is 0 Å². The van der Waals surface area contributed by atoms with Crippen LogP contribution in [0.25, 0.3) is 0 Å².